The molecular formula is C21H25F2N3O3S. The number of benzene rings is 2. The Morgan fingerprint density at radius 3 is 2.40 bits per heavy atom. The second-order valence-corrected chi connectivity index (χ2v) is 9.24. The number of amides is 1. The summed E-state index contributed by atoms with van der Waals surface area (Å²) in [6.45, 7) is 1.45. The number of carbonyl (C=O) groups is 1. The first-order valence-electron chi connectivity index (χ1n) is 9.78. The first-order valence-corrected chi connectivity index (χ1v) is 11.2. The van der Waals surface area contributed by atoms with E-state index in [4.69, 9.17) is 0 Å². The zero-order valence-corrected chi connectivity index (χ0v) is 17.5. The molecule has 0 spiro atoms. The molecule has 9 heteroatoms. The van der Waals surface area contributed by atoms with Crippen LogP contribution in [-0.2, 0) is 14.8 Å². The standard InChI is InChI=1S/C21H25F2N3O3S/c1-25(17-5-3-2-4-6-17)14-11-24-21(27)16-9-12-26(13-10-16)30(28,29)18-7-8-19(22)20(23)15-18/h2-8,15-16H,9-14H2,1H3,(H,24,27). The third kappa shape index (κ3) is 5.14. The van der Waals surface area contributed by atoms with Crippen LogP contribution in [0.4, 0.5) is 14.5 Å². The van der Waals surface area contributed by atoms with E-state index in [1.165, 1.54) is 4.31 Å². The van der Waals surface area contributed by atoms with Gasteiger partial charge in [0.2, 0.25) is 15.9 Å². The maximum atomic E-state index is 13.4. The zero-order valence-electron chi connectivity index (χ0n) is 16.7. The van der Waals surface area contributed by atoms with Crippen molar-refractivity contribution in [1.29, 1.82) is 0 Å². The van der Waals surface area contributed by atoms with Crippen molar-refractivity contribution < 1.29 is 22.0 Å². The molecule has 0 atom stereocenters. The Morgan fingerprint density at radius 1 is 1.10 bits per heavy atom. The molecule has 3 rings (SSSR count). The summed E-state index contributed by atoms with van der Waals surface area (Å²) in [5.74, 6) is -2.67. The van der Waals surface area contributed by atoms with Crippen molar-refractivity contribution in [2.75, 3.05) is 38.1 Å². The Morgan fingerprint density at radius 2 is 1.77 bits per heavy atom. The number of rotatable bonds is 7. The van der Waals surface area contributed by atoms with Crippen molar-refractivity contribution in [3.8, 4) is 0 Å². The van der Waals surface area contributed by atoms with Crippen molar-refractivity contribution in [3.05, 3.63) is 60.2 Å². The number of para-hydroxylation sites is 1. The summed E-state index contributed by atoms with van der Waals surface area (Å²) in [5.41, 5.74) is 1.06. The Bertz CT molecular complexity index is 978. The summed E-state index contributed by atoms with van der Waals surface area (Å²) in [7, 11) is -1.97. The Kier molecular flexibility index (Phi) is 7.04. The highest BCUT2D eigenvalue weighted by Crippen LogP contribution is 2.25. The van der Waals surface area contributed by atoms with E-state index in [0.29, 0.717) is 32.0 Å². The van der Waals surface area contributed by atoms with Crippen molar-refractivity contribution in [3.63, 3.8) is 0 Å². The number of piperidine rings is 1. The van der Waals surface area contributed by atoms with Crippen LogP contribution in [-0.4, -0.2) is 51.9 Å². The quantitative estimate of drug-likeness (QED) is 0.723. The number of hydrogen-bond acceptors (Lipinski definition) is 4. The Labute approximate surface area is 175 Å². The second-order valence-electron chi connectivity index (χ2n) is 7.30. The minimum absolute atomic E-state index is 0.0960. The minimum Gasteiger partial charge on any atom is -0.373 e. The van der Waals surface area contributed by atoms with E-state index in [-0.39, 0.29) is 29.8 Å². The SMILES string of the molecule is CN(CCNC(=O)C1CCN(S(=O)(=O)c2ccc(F)c(F)c2)CC1)c1ccccc1. The van der Waals surface area contributed by atoms with Gasteiger partial charge in [0.25, 0.3) is 0 Å². The van der Waals surface area contributed by atoms with Gasteiger partial charge in [-0.1, -0.05) is 18.2 Å². The van der Waals surface area contributed by atoms with E-state index in [9.17, 15) is 22.0 Å². The van der Waals surface area contributed by atoms with Gasteiger partial charge < -0.3 is 10.2 Å². The number of nitrogens with one attached hydrogen (secondary N) is 1. The van der Waals surface area contributed by atoms with E-state index in [2.05, 4.69) is 5.32 Å². The lowest BCUT2D eigenvalue weighted by Gasteiger charge is -2.30. The number of sulfonamides is 1. The van der Waals surface area contributed by atoms with Crippen LogP contribution in [0.25, 0.3) is 0 Å². The molecule has 162 valence electrons. The van der Waals surface area contributed by atoms with Crippen LogP contribution in [0.15, 0.2) is 53.4 Å². The molecule has 0 radical (unpaired) electrons. The molecule has 2 aromatic carbocycles. The normalized spacial score (nSPS) is 15.7. The second kappa shape index (κ2) is 9.53. The summed E-state index contributed by atoms with van der Waals surface area (Å²) >= 11 is 0. The highest BCUT2D eigenvalue weighted by Gasteiger charge is 2.32. The molecule has 2 aromatic rings. The smallest absolute Gasteiger partial charge is 0.243 e. The molecule has 1 heterocycles. The van der Waals surface area contributed by atoms with E-state index in [1.807, 2.05) is 42.3 Å². The third-order valence-electron chi connectivity index (χ3n) is 5.30. The molecular weight excluding hydrogens is 412 g/mol. The van der Waals surface area contributed by atoms with E-state index >= 15 is 0 Å². The van der Waals surface area contributed by atoms with E-state index < -0.39 is 21.7 Å². The molecule has 1 amide bonds. The molecule has 0 unspecified atom stereocenters. The summed E-state index contributed by atoms with van der Waals surface area (Å²) in [6.07, 6.45) is 0.756. The molecule has 0 aromatic heterocycles. The lowest BCUT2D eigenvalue weighted by atomic mass is 9.97. The van der Waals surface area contributed by atoms with Gasteiger partial charge in [-0.3, -0.25) is 4.79 Å². The molecule has 1 fully saturated rings. The first-order chi connectivity index (χ1) is 14.3. The molecule has 0 aliphatic carbocycles. The highest BCUT2D eigenvalue weighted by molar-refractivity contribution is 7.89. The Hall–Kier alpha value is -2.52. The number of hydrogen-bond donors (Lipinski definition) is 1. The number of carbonyl (C=O) groups excluding carboxylic acids is 1. The average Bonchev–Trinajstić information content (AvgIpc) is 2.76. The molecule has 6 nitrogen and oxygen atoms in total. The Balaban J connectivity index is 1.48. The predicted molar refractivity (Wildman–Crippen MR) is 111 cm³/mol. The van der Waals surface area contributed by atoms with Crippen LogP contribution in [0.2, 0.25) is 0 Å². The molecule has 30 heavy (non-hydrogen) atoms. The van der Waals surface area contributed by atoms with Gasteiger partial charge in [-0.2, -0.15) is 4.31 Å². The van der Waals surface area contributed by atoms with Gasteiger partial charge in [-0.05, 0) is 43.2 Å². The maximum Gasteiger partial charge on any atom is 0.243 e. The van der Waals surface area contributed by atoms with Crippen molar-refractivity contribution in [2.45, 2.75) is 17.7 Å². The van der Waals surface area contributed by atoms with Gasteiger partial charge in [-0.15, -0.1) is 0 Å². The van der Waals surface area contributed by atoms with Crippen LogP contribution in [0.5, 0.6) is 0 Å². The molecule has 1 aliphatic rings. The maximum absolute atomic E-state index is 13.4. The third-order valence-corrected chi connectivity index (χ3v) is 7.19. The summed E-state index contributed by atoms with van der Waals surface area (Å²) in [6, 6.07) is 12.4. The van der Waals surface area contributed by atoms with Crippen molar-refractivity contribution >= 4 is 21.6 Å². The average molecular weight is 438 g/mol. The van der Waals surface area contributed by atoms with Crippen LogP contribution < -0.4 is 10.2 Å². The monoisotopic (exact) mass is 437 g/mol. The van der Waals surface area contributed by atoms with Crippen molar-refractivity contribution in [2.24, 2.45) is 5.92 Å². The van der Waals surface area contributed by atoms with Crippen molar-refractivity contribution in [1.82, 2.24) is 9.62 Å². The summed E-state index contributed by atoms with van der Waals surface area (Å²) in [4.78, 5) is 14.2. The fourth-order valence-corrected chi connectivity index (χ4v) is 4.93. The van der Waals surface area contributed by atoms with Gasteiger partial charge in [-0.25, -0.2) is 17.2 Å². The number of anilines is 1. The van der Waals surface area contributed by atoms with Gasteiger partial charge >= 0.3 is 0 Å². The van der Waals surface area contributed by atoms with Gasteiger partial charge in [0, 0.05) is 44.8 Å². The van der Waals surface area contributed by atoms with Crippen LogP contribution >= 0.6 is 0 Å². The lowest BCUT2D eigenvalue weighted by Crippen LogP contribution is -2.44. The molecule has 1 aliphatic heterocycles. The van der Waals surface area contributed by atoms with Crippen LogP contribution in [0, 0.1) is 17.6 Å². The van der Waals surface area contributed by atoms with Crippen LogP contribution in [0.3, 0.4) is 0 Å². The van der Waals surface area contributed by atoms with Gasteiger partial charge in [0.05, 0.1) is 4.90 Å². The number of nitrogens with zero attached hydrogens (tertiary/aromatic N) is 2. The largest absolute Gasteiger partial charge is 0.373 e. The van der Waals surface area contributed by atoms with E-state index in [0.717, 1.165) is 17.8 Å². The highest BCUT2D eigenvalue weighted by atomic mass is 32.2. The topological polar surface area (TPSA) is 69.7 Å². The lowest BCUT2D eigenvalue weighted by molar-refractivity contribution is -0.126. The molecule has 1 saturated heterocycles. The fraction of sp³-hybridized carbons (Fsp3) is 0.381. The van der Waals surface area contributed by atoms with E-state index in [1.54, 1.807) is 0 Å². The van der Waals surface area contributed by atoms with Crippen LogP contribution in [0.1, 0.15) is 12.8 Å². The first kappa shape index (κ1) is 22.2. The molecule has 0 saturated carbocycles. The molecule has 1 N–H and O–H groups in total. The van der Waals surface area contributed by atoms with Gasteiger partial charge in [0.1, 0.15) is 0 Å². The summed E-state index contributed by atoms with van der Waals surface area (Å²) < 4.78 is 53.0. The fourth-order valence-electron chi connectivity index (χ4n) is 3.45. The predicted octanol–water partition coefficient (Wildman–Crippen LogP) is 2.62. The zero-order chi connectivity index (χ0) is 21.7. The van der Waals surface area contributed by atoms with Gasteiger partial charge in [0.15, 0.2) is 11.6 Å². The number of likely N-dealkylation sites (N-methyl/N-ethyl adjacent to an activating group) is 1. The minimum atomic E-state index is -3.92. The number of halogens is 2. The summed E-state index contributed by atoms with van der Waals surface area (Å²) in [5, 5.41) is 2.91. The molecule has 0 bridgehead atoms.